The maximum atomic E-state index is 12.6. The Kier molecular flexibility index (Phi) is 8.34. The van der Waals surface area contributed by atoms with Gasteiger partial charge in [0.2, 0.25) is 0 Å². The molecule has 0 atom stereocenters. The van der Waals surface area contributed by atoms with E-state index in [0.717, 1.165) is 16.7 Å². The summed E-state index contributed by atoms with van der Waals surface area (Å²) in [5, 5.41) is 6.96. The molecule has 4 aromatic carbocycles. The third-order valence-corrected chi connectivity index (χ3v) is 5.94. The third kappa shape index (κ3) is 7.17. The van der Waals surface area contributed by atoms with Crippen LogP contribution in [0.5, 0.6) is 5.75 Å². The number of benzene rings is 4. The number of hydrogen-bond donors (Lipinski definition) is 2. The number of para-hydroxylation sites is 1. The van der Waals surface area contributed by atoms with E-state index < -0.39 is 0 Å². The van der Waals surface area contributed by atoms with Gasteiger partial charge >= 0.3 is 0 Å². The summed E-state index contributed by atoms with van der Waals surface area (Å²) in [6.45, 7) is 6.83. The molecule has 0 aromatic heterocycles. The summed E-state index contributed by atoms with van der Waals surface area (Å²) < 4.78 is 5.92. The second-order valence-electron chi connectivity index (χ2n) is 9.87. The van der Waals surface area contributed by atoms with Crippen molar-refractivity contribution < 1.29 is 14.3 Å². The summed E-state index contributed by atoms with van der Waals surface area (Å²) in [7, 11) is 0. The summed E-state index contributed by atoms with van der Waals surface area (Å²) >= 11 is 0. The van der Waals surface area contributed by atoms with Gasteiger partial charge in [0, 0.05) is 22.4 Å². The first kappa shape index (κ1) is 26.4. The molecule has 0 aliphatic carbocycles. The molecule has 0 aliphatic rings. The number of hydrazone groups is 1. The molecule has 4 aromatic rings. The molecule has 192 valence electrons. The minimum absolute atomic E-state index is 0.0228. The minimum atomic E-state index is -0.361. The maximum absolute atomic E-state index is 12.6. The monoisotopic (exact) mass is 505 g/mol. The van der Waals surface area contributed by atoms with E-state index in [9.17, 15) is 9.59 Å². The molecular formula is C32H31N3O3. The zero-order valence-electron chi connectivity index (χ0n) is 21.8. The van der Waals surface area contributed by atoms with Crippen molar-refractivity contribution in [2.24, 2.45) is 5.10 Å². The second-order valence-corrected chi connectivity index (χ2v) is 9.87. The van der Waals surface area contributed by atoms with Crippen molar-refractivity contribution in [2.75, 3.05) is 5.32 Å². The smallest absolute Gasteiger partial charge is 0.271 e. The number of carbonyl (C=O) groups excluding carboxylic acids is 2. The van der Waals surface area contributed by atoms with Gasteiger partial charge in [0.15, 0.2) is 0 Å². The molecule has 0 heterocycles. The van der Waals surface area contributed by atoms with E-state index in [1.165, 1.54) is 0 Å². The van der Waals surface area contributed by atoms with Crippen molar-refractivity contribution in [2.45, 2.75) is 32.8 Å². The zero-order chi connectivity index (χ0) is 27.0. The van der Waals surface area contributed by atoms with Crippen LogP contribution in [0.3, 0.4) is 0 Å². The van der Waals surface area contributed by atoms with Crippen LogP contribution in [0.2, 0.25) is 0 Å². The molecule has 4 rings (SSSR count). The van der Waals surface area contributed by atoms with Crippen LogP contribution in [-0.2, 0) is 12.0 Å². The molecule has 0 bridgehead atoms. The average molecular weight is 506 g/mol. The second kappa shape index (κ2) is 12.0. The van der Waals surface area contributed by atoms with E-state index in [4.69, 9.17) is 4.74 Å². The highest BCUT2D eigenvalue weighted by atomic mass is 16.5. The molecule has 0 fully saturated rings. The van der Waals surface area contributed by atoms with Crippen molar-refractivity contribution >= 4 is 23.7 Å². The summed E-state index contributed by atoms with van der Waals surface area (Å²) in [5.41, 5.74) is 7.12. The Morgan fingerprint density at radius 3 is 2.05 bits per heavy atom. The summed E-state index contributed by atoms with van der Waals surface area (Å²) in [6.07, 6.45) is 1.55. The molecule has 0 unspecified atom stereocenters. The van der Waals surface area contributed by atoms with E-state index in [0.29, 0.717) is 29.2 Å². The lowest BCUT2D eigenvalue weighted by Gasteiger charge is -2.19. The molecule has 0 saturated carbocycles. The van der Waals surface area contributed by atoms with E-state index in [1.54, 1.807) is 30.5 Å². The summed E-state index contributed by atoms with van der Waals surface area (Å²) in [6, 6.07) is 31.6. The number of amides is 2. The fourth-order valence-electron chi connectivity index (χ4n) is 3.71. The van der Waals surface area contributed by atoms with Crippen molar-refractivity contribution in [1.29, 1.82) is 0 Å². The van der Waals surface area contributed by atoms with Gasteiger partial charge in [-0.1, -0.05) is 75.4 Å². The number of carbonyl (C=O) groups is 2. The van der Waals surface area contributed by atoms with E-state index in [1.807, 2.05) is 78.9 Å². The van der Waals surface area contributed by atoms with E-state index >= 15 is 0 Å². The molecule has 2 N–H and O–H groups in total. The Bertz CT molecular complexity index is 1410. The van der Waals surface area contributed by atoms with Gasteiger partial charge in [-0.25, -0.2) is 5.43 Å². The Balaban J connectivity index is 1.32. The minimum Gasteiger partial charge on any atom is -0.488 e. The fraction of sp³-hybridized carbons (Fsp3) is 0.156. The quantitative estimate of drug-likeness (QED) is 0.210. The number of rotatable bonds is 8. The van der Waals surface area contributed by atoms with Crippen molar-refractivity contribution in [3.8, 4) is 5.75 Å². The Hall–Kier alpha value is -4.71. The first-order chi connectivity index (χ1) is 18.3. The van der Waals surface area contributed by atoms with Gasteiger partial charge in [-0.15, -0.1) is 0 Å². The maximum Gasteiger partial charge on any atom is 0.271 e. The number of ether oxygens (including phenoxy) is 1. The fourth-order valence-corrected chi connectivity index (χ4v) is 3.71. The molecule has 6 nitrogen and oxygen atoms in total. The van der Waals surface area contributed by atoms with Gasteiger partial charge in [0.05, 0.1) is 6.21 Å². The van der Waals surface area contributed by atoms with Crippen LogP contribution in [0, 0.1) is 0 Å². The van der Waals surface area contributed by atoms with Crippen LogP contribution in [-0.4, -0.2) is 18.0 Å². The van der Waals surface area contributed by atoms with E-state index in [-0.39, 0.29) is 17.2 Å². The lowest BCUT2D eigenvalue weighted by molar-refractivity contribution is 0.0954. The Morgan fingerprint density at radius 2 is 1.37 bits per heavy atom. The molecule has 0 saturated heterocycles. The molecule has 0 radical (unpaired) electrons. The number of anilines is 1. The first-order valence-electron chi connectivity index (χ1n) is 12.4. The van der Waals surface area contributed by atoms with Crippen molar-refractivity contribution in [3.05, 3.63) is 131 Å². The topological polar surface area (TPSA) is 79.8 Å². The van der Waals surface area contributed by atoms with Crippen LogP contribution < -0.4 is 15.5 Å². The number of nitrogens with zero attached hydrogens (tertiary/aromatic N) is 1. The lowest BCUT2D eigenvalue weighted by atomic mass is 9.87. The highest BCUT2D eigenvalue weighted by Crippen LogP contribution is 2.22. The molecule has 6 heteroatoms. The highest BCUT2D eigenvalue weighted by Gasteiger charge is 2.14. The van der Waals surface area contributed by atoms with Gasteiger partial charge < -0.3 is 10.1 Å². The molecule has 0 aliphatic heterocycles. The Labute approximate surface area is 223 Å². The van der Waals surface area contributed by atoms with E-state index in [2.05, 4.69) is 36.6 Å². The van der Waals surface area contributed by atoms with Gasteiger partial charge in [-0.05, 0) is 65.1 Å². The first-order valence-corrected chi connectivity index (χ1v) is 12.4. The molecule has 2 amide bonds. The highest BCUT2D eigenvalue weighted by molar-refractivity contribution is 6.04. The van der Waals surface area contributed by atoms with Gasteiger partial charge in [0.25, 0.3) is 11.8 Å². The average Bonchev–Trinajstić information content (AvgIpc) is 2.93. The SMILES string of the molecule is CC(C)(C)c1ccc(C(=O)Nc2ccc(C(=O)N/N=C/c3ccccc3OCc3ccccc3)cc2)cc1. The van der Waals surface area contributed by atoms with Crippen LogP contribution in [0.4, 0.5) is 5.69 Å². The lowest BCUT2D eigenvalue weighted by Crippen LogP contribution is -2.18. The van der Waals surface area contributed by atoms with Crippen LogP contribution in [0.15, 0.2) is 108 Å². The van der Waals surface area contributed by atoms with Gasteiger partial charge in [-0.3, -0.25) is 9.59 Å². The van der Waals surface area contributed by atoms with Gasteiger partial charge in [0.1, 0.15) is 12.4 Å². The molecular weight excluding hydrogens is 474 g/mol. The Morgan fingerprint density at radius 1 is 0.763 bits per heavy atom. The van der Waals surface area contributed by atoms with Crippen molar-refractivity contribution in [3.63, 3.8) is 0 Å². The van der Waals surface area contributed by atoms with Crippen molar-refractivity contribution in [1.82, 2.24) is 5.43 Å². The van der Waals surface area contributed by atoms with Crippen LogP contribution in [0.25, 0.3) is 0 Å². The largest absolute Gasteiger partial charge is 0.488 e. The number of nitrogens with one attached hydrogen (secondary N) is 2. The van der Waals surface area contributed by atoms with Gasteiger partial charge in [-0.2, -0.15) is 5.10 Å². The normalized spacial score (nSPS) is 11.2. The summed E-state index contributed by atoms with van der Waals surface area (Å²) in [4.78, 5) is 25.2. The standard InChI is InChI=1S/C32H31N3O3/c1-32(2,3)27-17-13-24(14-18-27)30(36)34-28-19-15-25(16-20-28)31(37)35-33-21-26-11-7-8-12-29(26)38-22-23-9-5-4-6-10-23/h4-21H,22H2,1-3H3,(H,34,36)(H,35,37)/b33-21+. The predicted molar refractivity (Wildman–Crippen MR) is 152 cm³/mol. The van der Waals surface area contributed by atoms with Crippen LogP contribution in [0.1, 0.15) is 58.2 Å². The third-order valence-electron chi connectivity index (χ3n) is 5.94. The van der Waals surface area contributed by atoms with Crippen LogP contribution >= 0.6 is 0 Å². The zero-order valence-corrected chi connectivity index (χ0v) is 21.8. The summed E-state index contributed by atoms with van der Waals surface area (Å²) in [5.74, 6) is 0.0995. The molecule has 0 spiro atoms. The number of hydrogen-bond acceptors (Lipinski definition) is 4. The predicted octanol–water partition coefficient (Wildman–Crippen LogP) is 6.58. The molecule has 38 heavy (non-hydrogen) atoms.